The minimum atomic E-state index is 0.307. The molecular formula is C51H32N4OS. The molecule has 12 rings (SSSR count). The fourth-order valence-electron chi connectivity index (χ4n) is 8.80. The molecule has 4 heterocycles. The summed E-state index contributed by atoms with van der Waals surface area (Å²) in [6.07, 6.45) is 5.62. The molecule has 0 radical (unpaired) electrons. The first-order valence-corrected chi connectivity index (χ1v) is 20.2. The predicted molar refractivity (Wildman–Crippen MR) is 234 cm³/mol. The van der Waals surface area contributed by atoms with Gasteiger partial charge in [-0.3, -0.25) is 0 Å². The maximum atomic E-state index is 6.80. The lowest BCUT2D eigenvalue weighted by Crippen LogP contribution is -2.05. The Kier molecular flexibility index (Phi) is 7.22. The van der Waals surface area contributed by atoms with Gasteiger partial charge in [0.2, 0.25) is 0 Å². The summed E-state index contributed by atoms with van der Waals surface area (Å²) in [5.74, 6) is 1.90. The van der Waals surface area contributed by atoms with Crippen LogP contribution in [-0.2, 0) is 0 Å². The van der Waals surface area contributed by atoms with E-state index in [1.54, 1.807) is 0 Å². The third kappa shape index (κ3) is 5.07. The van der Waals surface area contributed by atoms with Crippen molar-refractivity contribution in [2.75, 3.05) is 0 Å². The molecule has 0 amide bonds. The summed E-state index contributed by atoms with van der Waals surface area (Å²) in [5.41, 5.74) is 13.2. The second kappa shape index (κ2) is 12.8. The van der Waals surface area contributed by atoms with Crippen LogP contribution >= 0.6 is 11.8 Å². The Balaban J connectivity index is 1.01. The van der Waals surface area contributed by atoms with Gasteiger partial charge in [0.05, 0.1) is 16.7 Å². The number of rotatable bonds is 5. The molecule has 0 saturated carbocycles. The number of fused-ring (bicyclic) bond motifs is 9. The van der Waals surface area contributed by atoms with Crippen LogP contribution in [0.3, 0.4) is 0 Å². The molecule has 1 atom stereocenters. The Bertz CT molecular complexity index is 3190. The van der Waals surface area contributed by atoms with Crippen molar-refractivity contribution in [1.82, 2.24) is 19.5 Å². The van der Waals surface area contributed by atoms with Crippen molar-refractivity contribution in [3.8, 4) is 39.9 Å². The van der Waals surface area contributed by atoms with Crippen molar-refractivity contribution in [1.29, 1.82) is 0 Å². The summed E-state index contributed by atoms with van der Waals surface area (Å²) in [6.45, 7) is 0. The first-order valence-electron chi connectivity index (χ1n) is 19.3. The molecule has 3 aromatic heterocycles. The molecule has 57 heavy (non-hydrogen) atoms. The van der Waals surface area contributed by atoms with E-state index in [1.807, 2.05) is 72.4 Å². The molecule has 1 aliphatic carbocycles. The molecule has 10 aromatic rings. The molecule has 1 unspecified atom stereocenters. The molecule has 0 bridgehead atoms. The smallest absolute Gasteiger partial charge is 0.164 e. The summed E-state index contributed by atoms with van der Waals surface area (Å²) in [7, 11) is 0. The van der Waals surface area contributed by atoms with Crippen LogP contribution in [0.1, 0.15) is 17.5 Å². The van der Waals surface area contributed by atoms with Crippen molar-refractivity contribution in [2.24, 2.45) is 0 Å². The molecule has 7 aromatic carbocycles. The molecule has 268 valence electrons. The van der Waals surface area contributed by atoms with Gasteiger partial charge in [0.1, 0.15) is 11.2 Å². The highest BCUT2D eigenvalue weighted by atomic mass is 32.2. The average molecular weight is 749 g/mol. The van der Waals surface area contributed by atoms with Crippen LogP contribution in [0.2, 0.25) is 0 Å². The first kappa shape index (κ1) is 32.2. The lowest BCUT2D eigenvalue weighted by atomic mass is 9.87. The van der Waals surface area contributed by atoms with Crippen LogP contribution in [0.4, 0.5) is 0 Å². The number of thioether (sulfide) groups is 1. The van der Waals surface area contributed by atoms with E-state index in [0.29, 0.717) is 22.7 Å². The van der Waals surface area contributed by atoms with Gasteiger partial charge in [-0.2, -0.15) is 0 Å². The summed E-state index contributed by atoms with van der Waals surface area (Å²) >= 11 is 1.99. The van der Waals surface area contributed by atoms with Crippen molar-refractivity contribution in [3.05, 3.63) is 187 Å². The zero-order valence-corrected chi connectivity index (χ0v) is 31.4. The van der Waals surface area contributed by atoms with E-state index in [4.69, 9.17) is 19.4 Å². The second-order valence-electron chi connectivity index (χ2n) is 14.6. The fourth-order valence-corrected chi connectivity index (χ4v) is 10.2. The Labute approximate surface area is 332 Å². The number of furan rings is 1. The minimum Gasteiger partial charge on any atom is -0.455 e. The number of hydrogen-bond donors (Lipinski definition) is 0. The third-order valence-electron chi connectivity index (χ3n) is 11.4. The van der Waals surface area contributed by atoms with E-state index in [-0.39, 0.29) is 0 Å². The van der Waals surface area contributed by atoms with Crippen molar-refractivity contribution >= 4 is 66.7 Å². The van der Waals surface area contributed by atoms with E-state index in [0.717, 1.165) is 50.6 Å². The van der Waals surface area contributed by atoms with Crippen molar-refractivity contribution in [3.63, 3.8) is 0 Å². The van der Waals surface area contributed by atoms with Crippen LogP contribution in [0.15, 0.2) is 185 Å². The molecule has 0 spiro atoms. The van der Waals surface area contributed by atoms with Gasteiger partial charge < -0.3 is 8.98 Å². The molecule has 0 saturated heterocycles. The molecule has 5 nitrogen and oxygen atoms in total. The zero-order valence-electron chi connectivity index (χ0n) is 30.6. The molecule has 2 aliphatic rings. The van der Waals surface area contributed by atoms with E-state index in [9.17, 15) is 0 Å². The van der Waals surface area contributed by atoms with Crippen molar-refractivity contribution < 1.29 is 4.42 Å². The minimum absolute atomic E-state index is 0.307. The summed E-state index contributed by atoms with van der Waals surface area (Å²) in [6, 6.07) is 57.3. The van der Waals surface area contributed by atoms with Crippen LogP contribution < -0.4 is 0 Å². The number of allylic oxidation sites excluding steroid dienone is 3. The normalized spacial score (nSPS) is 14.9. The van der Waals surface area contributed by atoms with Gasteiger partial charge in [0.25, 0.3) is 0 Å². The van der Waals surface area contributed by atoms with Crippen LogP contribution in [0.5, 0.6) is 0 Å². The first-order chi connectivity index (χ1) is 28.3. The predicted octanol–water partition coefficient (Wildman–Crippen LogP) is 13.2. The average Bonchev–Trinajstić information content (AvgIpc) is 3.96. The lowest BCUT2D eigenvalue weighted by Gasteiger charge is -2.19. The Morgan fingerprint density at radius 1 is 0.526 bits per heavy atom. The molecular weight excluding hydrogens is 717 g/mol. The Morgan fingerprint density at radius 3 is 1.82 bits per heavy atom. The van der Waals surface area contributed by atoms with Gasteiger partial charge in [-0.15, -0.1) is 11.8 Å². The fraction of sp³-hybridized carbons (Fsp3) is 0.0392. The SMILES string of the molecule is C1=CC(c2cccc3c2oc2ccc(-c4nc(-c5ccccc5)nc(-c5ccccc5)n4)cc23)=C2c3cccc(-n4c5ccccc5c5ccccc54)c3SC2C1. The Morgan fingerprint density at radius 2 is 1.12 bits per heavy atom. The maximum absolute atomic E-state index is 6.80. The highest BCUT2D eigenvalue weighted by Gasteiger charge is 2.34. The maximum Gasteiger partial charge on any atom is 0.164 e. The van der Waals surface area contributed by atoms with Gasteiger partial charge in [-0.25, -0.2) is 15.0 Å². The monoisotopic (exact) mass is 748 g/mol. The van der Waals surface area contributed by atoms with Crippen LogP contribution in [-0.4, -0.2) is 24.8 Å². The van der Waals surface area contributed by atoms with Crippen LogP contribution in [0.25, 0.3) is 94.7 Å². The van der Waals surface area contributed by atoms with Crippen LogP contribution in [0, 0.1) is 0 Å². The second-order valence-corrected chi connectivity index (χ2v) is 15.8. The summed E-state index contributed by atoms with van der Waals surface area (Å²) < 4.78 is 9.25. The van der Waals surface area contributed by atoms with Gasteiger partial charge >= 0.3 is 0 Å². The quantitative estimate of drug-likeness (QED) is 0.175. The van der Waals surface area contributed by atoms with Crippen molar-refractivity contribution in [2.45, 2.75) is 16.6 Å². The number of aromatic nitrogens is 4. The third-order valence-corrected chi connectivity index (χ3v) is 12.7. The highest BCUT2D eigenvalue weighted by Crippen LogP contribution is 2.54. The summed E-state index contributed by atoms with van der Waals surface area (Å²) in [5, 5.41) is 4.96. The van der Waals surface area contributed by atoms with E-state index in [2.05, 4.69) is 120 Å². The van der Waals surface area contributed by atoms with E-state index in [1.165, 1.54) is 49.1 Å². The van der Waals surface area contributed by atoms with Gasteiger partial charge in [-0.05, 0) is 59.5 Å². The molecule has 0 fully saturated rings. The standard InChI is InChI=1S/C51H32N4OS/c1-3-14-31(15-4-1)49-52-50(32-16-5-2-6-17-32)54-51(53-49)33-28-29-44-40(30-33)38-22-11-21-37(47(38)56-44)36-20-13-27-45-46(36)39-23-12-26-43(48(39)57-45)55-41-24-9-7-18-34(41)35-19-8-10-25-42(35)55/h1-26,28-30,45H,27H2. The lowest BCUT2D eigenvalue weighted by molar-refractivity contribution is 0.668. The zero-order chi connectivity index (χ0) is 37.5. The number of nitrogens with zero attached hydrogens (tertiary/aromatic N) is 4. The van der Waals surface area contributed by atoms with E-state index < -0.39 is 0 Å². The molecule has 1 aliphatic heterocycles. The highest BCUT2D eigenvalue weighted by molar-refractivity contribution is 8.01. The number of para-hydroxylation sites is 3. The summed E-state index contributed by atoms with van der Waals surface area (Å²) in [4.78, 5) is 16.2. The topological polar surface area (TPSA) is 56.7 Å². The number of hydrogen-bond acceptors (Lipinski definition) is 5. The Hall–Kier alpha value is -7.02. The van der Waals surface area contributed by atoms with Gasteiger partial charge in [-0.1, -0.05) is 140 Å². The number of benzene rings is 7. The van der Waals surface area contributed by atoms with E-state index >= 15 is 0 Å². The largest absolute Gasteiger partial charge is 0.455 e. The molecule has 0 N–H and O–H groups in total. The molecule has 6 heteroatoms. The van der Waals surface area contributed by atoms with Gasteiger partial charge in [0, 0.05) is 53.9 Å². The van der Waals surface area contributed by atoms with Gasteiger partial charge in [0.15, 0.2) is 17.5 Å².